The van der Waals surface area contributed by atoms with Crippen molar-refractivity contribution in [3.63, 3.8) is 0 Å². The predicted octanol–water partition coefficient (Wildman–Crippen LogP) is 1.84. The molecule has 1 amide bonds. The number of rotatable bonds is 3. The first-order valence-corrected chi connectivity index (χ1v) is 5.87. The zero-order valence-corrected chi connectivity index (χ0v) is 9.20. The number of carbonyl (C=O) groups is 1. The van der Waals surface area contributed by atoms with Crippen molar-refractivity contribution in [3.05, 3.63) is 0 Å². The third-order valence-electron chi connectivity index (χ3n) is 4.06. The van der Waals surface area contributed by atoms with Crippen LogP contribution in [0.15, 0.2) is 0 Å². The number of fused-ring (bicyclic) bond motifs is 2. The van der Waals surface area contributed by atoms with Gasteiger partial charge in [0.05, 0.1) is 6.07 Å². The molecule has 2 aliphatic rings. The quantitative estimate of drug-likeness (QED) is 0.766. The van der Waals surface area contributed by atoms with E-state index in [0.717, 1.165) is 11.8 Å². The van der Waals surface area contributed by atoms with Crippen molar-refractivity contribution >= 4 is 5.91 Å². The number of nitrogens with zero attached hydrogens (tertiary/aromatic N) is 1. The number of hydrogen-bond donors (Lipinski definition) is 1. The maximum Gasteiger partial charge on any atom is 0.234 e. The summed E-state index contributed by atoms with van der Waals surface area (Å²) in [6, 6.07) is 2.14. The average Bonchev–Trinajstić information content (AvgIpc) is 2.78. The fourth-order valence-corrected chi connectivity index (χ4v) is 3.39. The first kappa shape index (κ1) is 10.5. The van der Waals surface area contributed by atoms with E-state index in [2.05, 4.69) is 12.2 Å². The van der Waals surface area contributed by atoms with Gasteiger partial charge in [-0.3, -0.25) is 4.79 Å². The van der Waals surface area contributed by atoms with Crippen LogP contribution in [0.4, 0.5) is 0 Å². The van der Waals surface area contributed by atoms with Crippen LogP contribution in [0.5, 0.6) is 0 Å². The monoisotopic (exact) mass is 206 g/mol. The van der Waals surface area contributed by atoms with Gasteiger partial charge < -0.3 is 5.32 Å². The van der Waals surface area contributed by atoms with E-state index in [1.165, 1.54) is 25.7 Å². The van der Waals surface area contributed by atoms with Crippen LogP contribution >= 0.6 is 0 Å². The van der Waals surface area contributed by atoms with E-state index >= 15 is 0 Å². The van der Waals surface area contributed by atoms with Gasteiger partial charge in [-0.1, -0.05) is 6.42 Å². The fraction of sp³-hybridized carbons (Fsp3) is 0.833. The van der Waals surface area contributed by atoms with Crippen LogP contribution in [0.25, 0.3) is 0 Å². The second kappa shape index (κ2) is 4.22. The highest BCUT2D eigenvalue weighted by molar-refractivity contribution is 5.78. The summed E-state index contributed by atoms with van der Waals surface area (Å²) < 4.78 is 0. The van der Waals surface area contributed by atoms with Gasteiger partial charge in [-0.15, -0.1) is 0 Å². The smallest absolute Gasteiger partial charge is 0.234 e. The summed E-state index contributed by atoms with van der Waals surface area (Å²) in [5, 5.41) is 11.4. The third kappa shape index (κ3) is 2.14. The van der Waals surface area contributed by atoms with Crippen LogP contribution in [-0.4, -0.2) is 11.9 Å². The molecule has 2 bridgehead atoms. The van der Waals surface area contributed by atoms with Gasteiger partial charge >= 0.3 is 0 Å². The second-order valence-corrected chi connectivity index (χ2v) is 5.03. The maximum atomic E-state index is 11.3. The summed E-state index contributed by atoms with van der Waals surface area (Å²) in [6.07, 6.45) is 5.36. The van der Waals surface area contributed by atoms with Crippen molar-refractivity contribution in [1.82, 2.24) is 5.32 Å². The first-order chi connectivity index (χ1) is 7.20. The summed E-state index contributed by atoms with van der Waals surface area (Å²) in [5.74, 6) is 2.28. The summed E-state index contributed by atoms with van der Waals surface area (Å²) in [4.78, 5) is 11.3. The molecule has 0 heterocycles. The lowest BCUT2D eigenvalue weighted by Crippen LogP contribution is -2.39. The van der Waals surface area contributed by atoms with E-state index in [1.807, 2.05) is 6.07 Å². The molecule has 2 rings (SSSR count). The third-order valence-corrected chi connectivity index (χ3v) is 4.06. The number of nitrogens with one attached hydrogen (secondary N) is 1. The molecule has 3 heteroatoms. The van der Waals surface area contributed by atoms with E-state index in [9.17, 15) is 4.79 Å². The Morgan fingerprint density at radius 3 is 2.87 bits per heavy atom. The Morgan fingerprint density at radius 1 is 1.53 bits per heavy atom. The van der Waals surface area contributed by atoms with E-state index in [1.54, 1.807) is 0 Å². The molecule has 0 aromatic rings. The minimum absolute atomic E-state index is 0.00877. The highest BCUT2D eigenvalue weighted by atomic mass is 16.1. The second-order valence-electron chi connectivity index (χ2n) is 5.03. The van der Waals surface area contributed by atoms with Gasteiger partial charge in [0.1, 0.15) is 6.42 Å². The topological polar surface area (TPSA) is 52.9 Å². The first-order valence-electron chi connectivity index (χ1n) is 5.87. The average molecular weight is 206 g/mol. The van der Waals surface area contributed by atoms with Crippen molar-refractivity contribution in [3.8, 4) is 6.07 Å². The summed E-state index contributed by atoms with van der Waals surface area (Å²) in [6.45, 7) is 2.08. The molecule has 0 unspecified atom stereocenters. The fourth-order valence-electron chi connectivity index (χ4n) is 3.39. The minimum atomic E-state index is -0.118. The van der Waals surface area contributed by atoms with E-state index < -0.39 is 0 Å². The van der Waals surface area contributed by atoms with Gasteiger partial charge in [0, 0.05) is 6.04 Å². The summed E-state index contributed by atoms with van der Waals surface area (Å²) in [5.41, 5.74) is 0. The Morgan fingerprint density at radius 2 is 2.33 bits per heavy atom. The van der Waals surface area contributed by atoms with Crippen LogP contribution < -0.4 is 5.32 Å². The van der Waals surface area contributed by atoms with Crippen LogP contribution in [0.3, 0.4) is 0 Å². The molecule has 2 saturated carbocycles. The highest BCUT2D eigenvalue weighted by Gasteiger charge is 2.41. The van der Waals surface area contributed by atoms with Crippen LogP contribution in [0, 0.1) is 29.1 Å². The van der Waals surface area contributed by atoms with Gasteiger partial charge in [-0.05, 0) is 43.9 Å². The number of amides is 1. The molecular formula is C12H18N2O. The minimum Gasteiger partial charge on any atom is -0.352 e. The molecule has 0 aromatic carbocycles. The molecule has 1 N–H and O–H groups in total. The Balaban J connectivity index is 1.84. The number of nitriles is 1. The lowest BCUT2D eigenvalue weighted by atomic mass is 9.84. The molecule has 4 atom stereocenters. The molecule has 0 spiro atoms. The van der Waals surface area contributed by atoms with Crippen LogP contribution in [0.1, 0.15) is 39.0 Å². The van der Waals surface area contributed by atoms with Crippen LogP contribution in [0.2, 0.25) is 0 Å². The standard InChI is InChI=1S/C12H18N2O/c1-8(14-12(15)4-5-13)11-7-9-2-3-10(11)6-9/h8-11H,2-4,6-7H2,1H3,(H,14,15)/t8-,9-,10-,11-/m0/s1. The molecule has 0 radical (unpaired) electrons. The molecule has 15 heavy (non-hydrogen) atoms. The molecule has 0 aromatic heterocycles. The van der Waals surface area contributed by atoms with Crippen LogP contribution in [-0.2, 0) is 4.79 Å². The van der Waals surface area contributed by atoms with Gasteiger partial charge in [0.15, 0.2) is 0 Å². The van der Waals surface area contributed by atoms with Crippen molar-refractivity contribution in [1.29, 1.82) is 5.26 Å². The van der Waals surface area contributed by atoms with Crippen molar-refractivity contribution in [2.75, 3.05) is 0 Å². The molecule has 2 aliphatic carbocycles. The van der Waals surface area contributed by atoms with E-state index in [0.29, 0.717) is 5.92 Å². The summed E-state index contributed by atoms with van der Waals surface area (Å²) >= 11 is 0. The number of hydrogen-bond acceptors (Lipinski definition) is 2. The van der Waals surface area contributed by atoms with E-state index in [4.69, 9.17) is 5.26 Å². The van der Waals surface area contributed by atoms with Gasteiger partial charge in [-0.2, -0.15) is 5.26 Å². The zero-order valence-electron chi connectivity index (χ0n) is 9.20. The lowest BCUT2D eigenvalue weighted by Gasteiger charge is -2.28. The summed E-state index contributed by atoms with van der Waals surface area (Å²) in [7, 11) is 0. The van der Waals surface area contributed by atoms with Crippen molar-refractivity contribution < 1.29 is 4.79 Å². The Kier molecular flexibility index (Phi) is 2.95. The SMILES string of the molecule is C[C@H](NC(=O)CC#N)[C@@H]1C[C@H]2CC[C@H]1C2. The van der Waals surface area contributed by atoms with Crippen molar-refractivity contribution in [2.45, 2.75) is 45.1 Å². The number of carbonyl (C=O) groups excluding carboxylic acids is 1. The predicted molar refractivity (Wildman–Crippen MR) is 56.8 cm³/mol. The molecule has 82 valence electrons. The molecular weight excluding hydrogens is 188 g/mol. The molecule has 2 fully saturated rings. The zero-order chi connectivity index (χ0) is 10.8. The highest BCUT2D eigenvalue weighted by Crippen LogP contribution is 2.49. The van der Waals surface area contributed by atoms with E-state index in [-0.39, 0.29) is 18.4 Å². The Hall–Kier alpha value is -1.04. The largest absolute Gasteiger partial charge is 0.352 e. The van der Waals surface area contributed by atoms with Crippen molar-refractivity contribution in [2.24, 2.45) is 17.8 Å². The molecule has 0 saturated heterocycles. The van der Waals surface area contributed by atoms with Gasteiger partial charge in [0.25, 0.3) is 0 Å². The normalized spacial score (nSPS) is 34.8. The molecule has 3 nitrogen and oxygen atoms in total. The molecule has 0 aliphatic heterocycles. The lowest BCUT2D eigenvalue weighted by molar-refractivity contribution is -0.121. The maximum absolute atomic E-state index is 11.3. The van der Waals surface area contributed by atoms with Gasteiger partial charge in [-0.25, -0.2) is 0 Å². The van der Waals surface area contributed by atoms with Gasteiger partial charge in [0.2, 0.25) is 5.91 Å². The Bertz CT molecular complexity index is 294. The Labute approximate surface area is 90.8 Å².